The highest BCUT2D eigenvalue weighted by Gasteiger charge is 2.30. The van der Waals surface area contributed by atoms with Crippen LogP contribution in [0.2, 0.25) is 0 Å². The van der Waals surface area contributed by atoms with Crippen molar-refractivity contribution in [3.63, 3.8) is 0 Å². The Hall–Kier alpha value is -2.56. The minimum absolute atomic E-state index is 0.0515. The Morgan fingerprint density at radius 2 is 1.81 bits per heavy atom. The van der Waals surface area contributed by atoms with Crippen molar-refractivity contribution in [3.05, 3.63) is 48.3 Å². The number of aliphatic carboxylic acids is 1. The smallest absolute Gasteiger partial charge is 0.305 e. The minimum atomic E-state index is -0.838. The molecule has 0 spiro atoms. The Labute approximate surface area is 185 Å². The molecule has 0 unspecified atom stereocenters. The molecule has 0 aromatic heterocycles. The van der Waals surface area contributed by atoms with Gasteiger partial charge in [0, 0.05) is 24.8 Å². The number of carboxylic acid groups (broad SMARTS) is 1. The fraction of sp³-hybridized carbons (Fsp3) is 0.500. The van der Waals surface area contributed by atoms with Gasteiger partial charge in [-0.15, -0.1) is 0 Å². The molecule has 168 valence electrons. The second-order valence-electron chi connectivity index (χ2n) is 9.69. The summed E-state index contributed by atoms with van der Waals surface area (Å²) in [5.41, 5.74) is 2.40. The van der Waals surface area contributed by atoms with Crippen LogP contribution < -0.4 is 9.64 Å². The summed E-state index contributed by atoms with van der Waals surface area (Å²) >= 11 is 0. The summed E-state index contributed by atoms with van der Waals surface area (Å²) in [6.07, 6.45) is 4.23. The summed E-state index contributed by atoms with van der Waals surface area (Å²) in [6, 6.07) is 12.8. The molecule has 3 rings (SSSR count). The molecule has 0 saturated heterocycles. The van der Waals surface area contributed by atoms with E-state index in [1.54, 1.807) is 12.1 Å². The topological polar surface area (TPSA) is 49.8 Å². The maximum absolute atomic E-state index is 15.3. The van der Waals surface area contributed by atoms with Crippen LogP contribution in [0.15, 0.2) is 42.5 Å². The minimum Gasteiger partial charge on any atom is -0.487 e. The first kappa shape index (κ1) is 23.1. The highest BCUT2D eigenvalue weighted by molar-refractivity contribution is 5.71. The molecule has 1 saturated carbocycles. The lowest BCUT2D eigenvalue weighted by molar-refractivity contribution is -0.136. The van der Waals surface area contributed by atoms with Gasteiger partial charge in [0.15, 0.2) is 11.6 Å². The average Bonchev–Trinajstić information content (AvgIpc) is 2.73. The van der Waals surface area contributed by atoms with Crippen LogP contribution >= 0.6 is 0 Å². The quantitative estimate of drug-likeness (QED) is 0.556. The van der Waals surface area contributed by atoms with Gasteiger partial charge in [0.25, 0.3) is 0 Å². The van der Waals surface area contributed by atoms with Gasteiger partial charge in [-0.05, 0) is 60.8 Å². The number of hydrogen-bond donors (Lipinski definition) is 1. The van der Waals surface area contributed by atoms with Gasteiger partial charge in [-0.3, -0.25) is 4.79 Å². The van der Waals surface area contributed by atoms with Crippen LogP contribution in [-0.4, -0.2) is 30.8 Å². The Kier molecular flexibility index (Phi) is 7.24. The van der Waals surface area contributed by atoms with E-state index in [4.69, 9.17) is 9.84 Å². The first-order valence-electron chi connectivity index (χ1n) is 11.1. The number of benzene rings is 2. The number of halogens is 1. The van der Waals surface area contributed by atoms with E-state index in [0.717, 1.165) is 36.9 Å². The molecule has 0 heterocycles. The highest BCUT2D eigenvalue weighted by Crippen LogP contribution is 2.39. The number of carbonyl (C=O) groups is 1. The van der Waals surface area contributed by atoms with Crippen molar-refractivity contribution >= 4 is 11.7 Å². The van der Waals surface area contributed by atoms with Gasteiger partial charge >= 0.3 is 5.97 Å². The van der Waals surface area contributed by atoms with E-state index in [9.17, 15) is 4.79 Å². The third-order valence-corrected chi connectivity index (χ3v) is 6.41. The zero-order valence-corrected chi connectivity index (χ0v) is 19.0. The maximum atomic E-state index is 15.3. The number of anilines is 1. The number of rotatable bonds is 7. The van der Waals surface area contributed by atoms with E-state index in [1.165, 1.54) is 0 Å². The lowest BCUT2D eigenvalue weighted by atomic mass is 9.72. The van der Waals surface area contributed by atoms with E-state index in [1.807, 2.05) is 42.3 Å². The first-order chi connectivity index (χ1) is 14.6. The van der Waals surface area contributed by atoms with Gasteiger partial charge in [-0.1, -0.05) is 45.0 Å². The van der Waals surface area contributed by atoms with Crippen LogP contribution in [0, 0.1) is 17.2 Å². The lowest BCUT2D eigenvalue weighted by Gasteiger charge is -2.37. The predicted octanol–water partition coefficient (Wildman–Crippen LogP) is 6.39. The Bertz CT molecular complexity index is 898. The maximum Gasteiger partial charge on any atom is 0.305 e. The van der Waals surface area contributed by atoms with E-state index in [-0.39, 0.29) is 18.3 Å². The van der Waals surface area contributed by atoms with Crippen LogP contribution in [0.25, 0.3) is 11.1 Å². The Morgan fingerprint density at radius 1 is 1.13 bits per heavy atom. The number of carboxylic acids is 1. The normalized spacial score (nSPS) is 19.1. The zero-order chi connectivity index (χ0) is 22.6. The molecule has 0 bridgehead atoms. The van der Waals surface area contributed by atoms with Gasteiger partial charge in [0.1, 0.15) is 0 Å². The van der Waals surface area contributed by atoms with Crippen molar-refractivity contribution in [2.75, 3.05) is 18.5 Å². The molecule has 5 heteroatoms. The lowest BCUT2D eigenvalue weighted by Crippen LogP contribution is -2.30. The van der Waals surface area contributed by atoms with Crippen LogP contribution in [0.5, 0.6) is 5.75 Å². The van der Waals surface area contributed by atoms with Crippen molar-refractivity contribution in [2.45, 2.75) is 59.0 Å². The number of ether oxygens (including phenoxy) is 1. The molecule has 2 aromatic carbocycles. The van der Waals surface area contributed by atoms with E-state index in [2.05, 4.69) is 20.8 Å². The molecule has 2 aromatic rings. The number of nitrogens with zero attached hydrogens (tertiary/aromatic N) is 1. The molecular weight excluding hydrogens is 393 g/mol. The van der Waals surface area contributed by atoms with Crippen molar-refractivity contribution in [2.24, 2.45) is 11.3 Å². The van der Waals surface area contributed by atoms with E-state index >= 15 is 4.39 Å². The Morgan fingerprint density at radius 3 is 2.45 bits per heavy atom. The molecule has 0 atom stereocenters. The molecule has 1 aliphatic rings. The van der Waals surface area contributed by atoms with E-state index in [0.29, 0.717) is 29.2 Å². The molecule has 0 aliphatic heterocycles. The fourth-order valence-corrected chi connectivity index (χ4v) is 4.35. The summed E-state index contributed by atoms with van der Waals surface area (Å²) in [4.78, 5) is 12.7. The summed E-state index contributed by atoms with van der Waals surface area (Å²) in [5, 5.41) is 8.91. The Balaban J connectivity index is 1.73. The van der Waals surface area contributed by atoms with Gasteiger partial charge in [0.05, 0.1) is 12.5 Å². The van der Waals surface area contributed by atoms with Crippen LogP contribution in [0.4, 0.5) is 10.1 Å². The SMILES string of the molecule is CN(CCC(=O)O)c1cccc(-c2cccc(O[C@H]3CC[C@H](C(C)(C)C)CC3)c2F)c1. The fourth-order valence-electron chi connectivity index (χ4n) is 4.35. The second-order valence-corrected chi connectivity index (χ2v) is 9.69. The molecule has 1 N–H and O–H groups in total. The largest absolute Gasteiger partial charge is 0.487 e. The van der Waals surface area contributed by atoms with E-state index < -0.39 is 5.97 Å². The van der Waals surface area contributed by atoms with Crippen LogP contribution in [0.1, 0.15) is 52.9 Å². The highest BCUT2D eigenvalue weighted by atomic mass is 19.1. The molecule has 0 amide bonds. The third kappa shape index (κ3) is 5.99. The molecular formula is C26H34FNO3. The summed E-state index contributed by atoms with van der Waals surface area (Å²) in [6.45, 7) is 7.25. The van der Waals surface area contributed by atoms with Crippen molar-refractivity contribution in [3.8, 4) is 16.9 Å². The van der Waals surface area contributed by atoms with Gasteiger partial charge in [-0.25, -0.2) is 4.39 Å². The average molecular weight is 428 g/mol. The van der Waals surface area contributed by atoms with Crippen molar-refractivity contribution in [1.82, 2.24) is 0 Å². The van der Waals surface area contributed by atoms with Gasteiger partial charge < -0.3 is 14.7 Å². The zero-order valence-electron chi connectivity index (χ0n) is 19.0. The summed E-state index contributed by atoms with van der Waals surface area (Å²) in [7, 11) is 1.84. The number of hydrogen-bond acceptors (Lipinski definition) is 3. The van der Waals surface area contributed by atoms with Gasteiger partial charge in [0.2, 0.25) is 0 Å². The first-order valence-corrected chi connectivity index (χ1v) is 11.1. The van der Waals surface area contributed by atoms with Crippen molar-refractivity contribution in [1.29, 1.82) is 0 Å². The monoisotopic (exact) mass is 427 g/mol. The summed E-state index contributed by atoms with van der Waals surface area (Å²) < 4.78 is 21.5. The van der Waals surface area contributed by atoms with Gasteiger partial charge in [-0.2, -0.15) is 0 Å². The van der Waals surface area contributed by atoms with Crippen molar-refractivity contribution < 1.29 is 19.0 Å². The molecule has 0 radical (unpaired) electrons. The standard InChI is InChI=1S/C26H34FNO3/c1-26(2,3)19-11-13-21(14-12-19)31-23-10-6-9-22(25(23)27)18-7-5-8-20(17-18)28(4)16-15-24(29)30/h5-10,17,19,21H,11-16H2,1-4H3,(H,29,30)/t19-,21-. The molecule has 1 aliphatic carbocycles. The molecule has 31 heavy (non-hydrogen) atoms. The molecule has 1 fully saturated rings. The third-order valence-electron chi connectivity index (χ3n) is 6.41. The predicted molar refractivity (Wildman–Crippen MR) is 123 cm³/mol. The molecule has 4 nitrogen and oxygen atoms in total. The summed E-state index contributed by atoms with van der Waals surface area (Å²) in [5.74, 6) is -0.188. The van der Waals surface area contributed by atoms with Crippen LogP contribution in [-0.2, 0) is 4.79 Å². The van der Waals surface area contributed by atoms with Crippen LogP contribution in [0.3, 0.4) is 0 Å². The second kappa shape index (κ2) is 9.71.